The number of fused-ring (bicyclic) bond motifs is 2. The summed E-state index contributed by atoms with van der Waals surface area (Å²) in [6, 6.07) is 9.70. The Labute approximate surface area is 196 Å². The summed E-state index contributed by atoms with van der Waals surface area (Å²) in [6.07, 6.45) is 6.22. The predicted molar refractivity (Wildman–Crippen MR) is 126 cm³/mol. The zero-order valence-electron chi connectivity index (χ0n) is 18.4. The van der Waals surface area contributed by atoms with Crippen LogP contribution in [0, 0.1) is 0 Å². The Balaban J connectivity index is 1.14. The number of carboxylic acids is 1. The molecule has 0 radical (unpaired) electrons. The van der Waals surface area contributed by atoms with Gasteiger partial charge in [-0.3, -0.25) is 4.79 Å². The summed E-state index contributed by atoms with van der Waals surface area (Å²) < 4.78 is 10.7. The maximum Gasteiger partial charge on any atom is 0.310 e. The average molecular weight is 466 g/mol. The van der Waals surface area contributed by atoms with Gasteiger partial charge < -0.3 is 19.9 Å². The van der Waals surface area contributed by atoms with Crippen LogP contribution in [0.25, 0.3) is 0 Å². The standard InChI is InChI=1S/C25H27N3O4S/c29-25(30)20(17-7-11-21-22(13-17)32-15-31-21)10-9-19-14-33-23(27-19)5-1-4-18-8-6-16-3-2-12-26-24(16)28-18/h6-8,11,13-14,20H,1-5,9-10,12,15H2,(H,26,28)(H,29,30). The number of benzene rings is 1. The molecule has 2 aliphatic heterocycles. The van der Waals surface area contributed by atoms with E-state index >= 15 is 0 Å². The van der Waals surface area contributed by atoms with Gasteiger partial charge in [0.2, 0.25) is 6.79 Å². The highest BCUT2D eigenvalue weighted by Gasteiger charge is 2.23. The third-order valence-electron chi connectivity index (χ3n) is 6.16. The minimum Gasteiger partial charge on any atom is -0.481 e. The second kappa shape index (κ2) is 9.79. The van der Waals surface area contributed by atoms with Crippen LogP contribution in [0.1, 0.15) is 52.7 Å². The summed E-state index contributed by atoms with van der Waals surface area (Å²) >= 11 is 1.65. The highest BCUT2D eigenvalue weighted by Crippen LogP contribution is 2.36. The van der Waals surface area contributed by atoms with Gasteiger partial charge in [0.15, 0.2) is 11.5 Å². The Morgan fingerprint density at radius 3 is 2.91 bits per heavy atom. The molecule has 1 unspecified atom stereocenters. The lowest BCUT2D eigenvalue weighted by molar-refractivity contribution is -0.138. The van der Waals surface area contributed by atoms with Gasteiger partial charge in [-0.25, -0.2) is 9.97 Å². The van der Waals surface area contributed by atoms with Crippen molar-refractivity contribution in [3.63, 3.8) is 0 Å². The molecule has 2 N–H and O–H groups in total. The van der Waals surface area contributed by atoms with Crippen LogP contribution in [0.4, 0.5) is 5.82 Å². The Morgan fingerprint density at radius 1 is 1.09 bits per heavy atom. The summed E-state index contributed by atoms with van der Waals surface area (Å²) in [5.41, 5.74) is 4.12. The largest absolute Gasteiger partial charge is 0.481 e. The number of nitrogens with one attached hydrogen (secondary N) is 1. The van der Waals surface area contributed by atoms with E-state index < -0.39 is 11.9 Å². The zero-order valence-corrected chi connectivity index (χ0v) is 19.2. The molecule has 0 fully saturated rings. The number of ether oxygens (including phenoxy) is 2. The molecule has 0 bridgehead atoms. The van der Waals surface area contributed by atoms with Crippen molar-refractivity contribution in [3.8, 4) is 11.5 Å². The maximum atomic E-state index is 11.9. The smallest absolute Gasteiger partial charge is 0.310 e. The van der Waals surface area contributed by atoms with Gasteiger partial charge in [0, 0.05) is 17.6 Å². The fourth-order valence-electron chi connectivity index (χ4n) is 4.36. The Kier molecular flexibility index (Phi) is 6.44. The van der Waals surface area contributed by atoms with Crippen molar-refractivity contribution in [2.45, 2.75) is 50.9 Å². The van der Waals surface area contributed by atoms with Crippen LogP contribution in [0.2, 0.25) is 0 Å². The van der Waals surface area contributed by atoms with Crippen molar-refractivity contribution in [1.82, 2.24) is 9.97 Å². The number of hydrogen-bond donors (Lipinski definition) is 2. The Hall–Kier alpha value is -3.13. The quantitative estimate of drug-likeness (QED) is 0.477. The molecule has 2 aliphatic rings. The first kappa shape index (κ1) is 21.7. The third-order valence-corrected chi connectivity index (χ3v) is 7.12. The fourth-order valence-corrected chi connectivity index (χ4v) is 5.24. The number of nitrogens with zero attached hydrogens (tertiary/aromatic N) is 2. The first-order valence-electron chi connectivity index (χ1n) is 11.4. The number of aryl methyl sites for hydroxylation is 4. The third kappa shape index (κ3) is 5.11. The lowest BCUT2D eigenvalue weighted by Gasteiger charge is -2.17. The number of hydrogen-bond acceptors (Lipinski definition) is 7. The number of pyridine rings is 1. The molecule has 3 aromatic rings. The van der Waals surface area contributed by atoms with E-state index in [2.05, 4.69) is 22.8 Å². The number of anilines is 1. The van der Waals surface area contributed by atoms with Crippen LogP contribution in [-0.2, 0) is 30.5 Å². The van der Waals surface area contributed by atoms with E-state index in [1.54, 1.807) is 23.5 Å². The molecule has 0 spiro atoms. The number of aliphatic carboxylic acids is 1. The second-order valence-electron chi connectivity index (χ2n) is 8.47. The Bertz CT molecular complexity index is 1150. The van der Waals surface area contributed by atoms with Gasteiger partial charge in [0.1, 0.15) is 5.82 Å². The number of thiazole rings is 1. The monoisotopic (exact) mass is 465 g/mol. The van der Waals surface area contributed by atoms with Crippen molar-refractivity contribution in [1.29, 1.82) is 0 Å². The van der Waals surface area contributed by atoms with E-state index in [0.29, 0.717) is 24.3 Å². The molecule has 4 heterocycles. The first-order chi connectivity index (χ1) is 16.2. The maximum absolute atomic E-state index is 11.9. The molecule has 0 saturated heterocycles. The molecule has 0 amide bonds. The van der Waals surface area contributed by atoms with Crippen LogP contribution in [-0.4, -0.2) is 34.4 Å². The van der Waals surface area contributed by atoms with E-state index in [-0.39, 0.29) is 6.79 Å². The molecule has 1 atom stereocenters. The van der Waals surface area contributed by atoms with Crippen molar-refractivity contribution in [2.24, 2.45) is 0 Å². The van der Waals surface area contributed by atoms with E-state index in [1.165, 1.54) is 12.0 Å². The highest BCUT2D eigenvalue weighted by molar-refractivity contribution is 7.09. The van der Waals surface area contributed by atoms with Crippen LogP contribution >= 0.6 is 11.3 Å². The van der Waals surface area contributed by atoms with Gasteiger partial charge >= 0.3 is 5.97 Å². The van der Waals surface area contributed by atoms with Crippen LogP contribution in [0.15, 0.2) is 35.7 Å². The molecule has 0 aliphatic carbocycles. The lowest BCUT2D eigenvalue weighted by Crippen LogP contribution is -2.14. The fraction of sp³-hybridized carbons (Fsp3) is 0.400. The summed E-state index contributed by atoms with van der Waals surface area (Å²) in [4.78, 5) is 21.4. The van der Waals surface area contributed by atoms with E-state index in [1.807, 2.05) is 6.07 Å². The molecular formula is C25H27N3O4S. The summed E-state index contributed by atoms with van der Waals surface area (Å²) in [5, 5.41) is 16.3. The van der Waals surface area contributed by atoms with Crippen LogP contribution < -0.4 is 14.8 Å². The normalized spacial score (nSPS) is 15.0. The molecule has 7 nitrogen and oxygen atoms in total. The van der Waals surface area contributed by atoms with Gasteiger partial charge in [0.05, 0.1) is 16.6 Å². The molecule has 0 saturated carbocycles. The molecule has 2 aromatic heterocycles. The average Bonchev–Trinajstić information content (AvgIpc) is 3.48. The van der Waals surface area contributed by atoms with E-state index in [9.17, 15) is 9.90 Å². The van der Waals surface area contributed by atoms with Crippen molar-refractivity contribution < 1.29 is 19.4 Å². The molecule has 8 heteroatoms. The van der Waals surface area contributed by atoms with Crippen molar-refractivity contribution in [3.05, 3.63) is 63.2 Å². The predicted octanol–water partition coefficient (Wildman–Crippen LogP) is 4.60. The number of rotatable bonds is 9. The number of carbonyl (C=O) groups is 1. The molecule has 172 valence electrons. The van der Waals surface area contributed by atoms with Gasteiger partial charge in [-0.1, -0.05) is 12.1 Å². The SMILES string of the molecule is O=C(O)C(CCc1csc(CCCc2ccc3c(n2)NCCC3)n1)c1ccc2c(c1)OCO2. The second-order valence-corrected chi connectivity index (χ2v) is 9.41. The minimum absolute atomic E-state index is 0.178. The van der Waals surface area contributed by atoms with Gasteiger partial charge in [-0.15, -0.1) is 11.3 Å². The molecule has 5 rings (SSSR count). The summed E-state index contributed by atoms with van der Waals surface area (Å²) in [7, 11) is 0. The lowest BCUT2D eigenvalue weighted by atomic mass is 9.93. The number of aromatic nitrogens is 2. The van der Waals surface area contributed by atoms with Crippen LogP contribution in [0.3, 0.4) is 0 Å². The van der Waals surface area contributed by atoms with Crippen molar-refractivity contribution in [2.75, 3.05) is 18.7 Å². The number of carboxylic acid groups (broad SMARTS) is 1. The minimum atomic E-state index is -0.837. The topological polar surface area (TPSA) is 93.6 Å². The van der Waals surface area contributed by atoms with Gasteiger partial charge in [0.25, 0.3) is 0 Å². The zero-order chi connectivity index (χ0) is 22.6. The Morgan fingerprint density at radius 2 is 2.00 bits per heavy atom. The van der Waals surface area contributed by atoms with E-state index in [4.69, 9.17) is 19.4 Å². The molecule has 1 aromatic carbocycles. The highest BCUT2D eigenvalue weighted by atomic mass is 32.1. The van der Waals surface area contributed by atoms with Gasteiger partial charge in [-0.05, 0) is 74.3 Å². The molecular weight excluding hydrogens is 438 g/mol. The first-order valence-corrected chi connectivity index (χ1v) is 12.3. The van der Waals surface area contributed by atoms with Gasteiger partial charge in [-0.2, -0.15) is 0 Å². The van der Waals surface area contributed by atoms with E-state index in [0.717, 1.165) is 60.0 Å². The van der Waals surface area contributed by atoms with Crippen LogP contribution in [0.5, 0.6) is 11.5 Å². The van der Waals surface area contributed by atoms with Crippen molar-refractivity contribution >= 4 is 23.1 Å². The molecule has 33 heavy (non-hydrogen) atoms. The summed E-state index contributed by atoms with van der Waals surface area (Å²) in [6.45, 7) is 1.18. The summed E-state index contributed by atoms with van der Waals surface area (Å²) in [5.74, 6) is 0.878.